The molecule has 2 amide bonds. The van der Waals surface area contributed by atoms with Crippen molar-refractivity contribution < 1.29 is 14.3 Å². The van der Waals surface area contributed by atoms with Crippen LogP contribution in [-0.2, 0) is 22.6 Å². The molecule has 1 N–H and O–H groups in total. The number of benzene rings is 2. The van der Waals surface area contributed by atoms with Gasteiger partial charge in [0.2, 0.25) is 11.8 Å². The minimum atomic E-state index is -0.510. The number of aryl methyl sites for hydroxylation is 1. The Hall–Kier alpha value is -2.82. The number of methoxy groups -OCH3 is 1. The molecule has 0 saturated carbocycles. The molecule has 0 heterocycles. The zero-order valence-corrected chi connectivity index (χ0v) is 18.8. The zero-order chi connectivity index (χ0) is 22.1. The van der Waals surface area contributed by atoms with Gasteiger partial charge in [0.25, 0.3) is 0 Å². The molecule has 0 bridgehead atoms. The standard InChI is InChI=1S/C25H34N2O3/c1-6-19(4)26-25(29)23(7-2)27(17-21-11-9-8-10-18(21)3)24(28)16-20-12-14-22(30-5)15-13-20/h8-15,19,23H,6-7,16-17H2,1-5H3,(H,26,29)/t19-,23+/m1/s1. The average Bonchev–Trinajstić information content (AvgIpc) is 2.75. The number of rotatable bonds is 10. The summed E-state index contributed by atoms with van der Waals surface area (Å²) in [4.78, 5) is 28.1. The Bertz CT molecular complexity index is 833. The lowest BCUT2D eigenvalue weighted by atomic mass is 10.0. The fraction of sp³-hybridized carbons (Fsp3) is 0.440. The first-order valence-corrected chi connectivity index (χ1v) is 10.7. The quantitative estimate of drug-likeness (QED) is 0.636. The lowest BCUT2D eigenvalue weighted by Crippen LogP contribution is -2.51. The Morgan fingerprint density at radius 2 is 1.70 bits per heavy atom. The van der Waals surface area contributed by atoms with E-state index in [9.17, 15) is 9.59 Å². The van der Waals surface area contributed by atoms with Crippen molar-refractivity contribution in [1.82, 2.24) is 10.2 Å². The molecule has 0 saturated heterocycles. The van der Waals surface area contributed by atoms with Crippen molar-refractivity contribution >= 4 is 11.8 Å². The lowest BCUT2D eigenvalue weighted by Gasteiger charge is -2.32. The predicted molar refractivity (Wildman–Crippen MR) is 120 cm³/mol. The van der Waals surface area contributed by atoms with Gasteiger partial charge in [-0.05, 0) is 55.5 Å². The normalized spacial score (nSPS) is 12.7. The maximum atomic E-state index is 13.4. The Balaban J connectivity index is 2.29. The minimum absolute atomic E-state index is 0.0606. The smallest absolute Gasteiger partial charge is 0.243 e. The Labute approximate surface area is 180 Å². The summed E-state index contributed by atoms with van der Waals surface area (Å²) in [6, 6.07) is 15.0. The van der Waals surface area contributed by atoms with Crippen LogP contribution >= 0.6 is 0 Å². The second-order valence-corrected chi connectivity index (χ2v) is 7.71. The topological polar surface area (TPSA) is 58.6 Å². The molecule has 0 aliphatic heterocycles. The first-order chi connectivity index (χ1) is 14.4. The first kappa shape index (κ1) is 23.5. The van der Waals surface area contributed by atoms with Gasteiger partial charge in [0, 0.05) is 12.6 Å². The molecule has 162 valence electrons. The minimum Gasteiger partial charge on any atom is -0.497 e. The molecule has 0 aliphatic rings. The van der Waals surface area contributed by atoms with Gasteiger partial charge in [-0.3, -0.25) is 9.59 Å². The Kier molecular flexibility index (Phi) is 8.90. The SMILES string of the molecule is CC[C@@H](C)NC(=O)[C@H](CC)N(Cc1ccccc1C)C(=O)Cc1ccc(OC)cc1. The summed E-state index contributed by atoms with van der Waals surface area (Å²) in [7, 11) is 1.62. The van der Waals surface area contributed by atoms with Gasteiger partial charge in [0.05, 0.1) is 13.5 Å². The fourth-order valence-corrected chi connectivity index (χ4v) is 3.35. The molecular formula is C25H34N2O3. The van der Waals surface area contributed by atoms with Crippen LogP contribution in [0.5, 0.6) is 5.75 Å². The monoisotopic (exact) mass is 410 g/mol. The van der Waals surface area contributed by atoms with Crippen molar-refractivity contribution in [2.45, 2.75) is 65.6 Å². The molecule has 5 nitrogen and oxygen atoms in total. The van der Waals surface area contributed by atoms with Crippen molar-refractivity contribution in [2.24, 2.45) is 0 Å². The van der Waals surface area contributed by atoms with Crippen molar-refractivity contribution in [1.29, 1.82) is 0 Å². The molecule has 30 heavy (non-hydrogen) atoms. The molecule has 0 fully saturated rings. The van der Waals surface area contributed by atoms with Crippen LogP contribution < -0.4 is 10.1 Å². The molecule has 0 aromatic heterocycles. The van der Waals surface area contributed by atoms with Crippen LogP contribution in [0.25, 0.3) is 0 Å². The van der Waals surface area contributed by atoms with E-state index in [0.717, 1.165) is 28.9 Å². The third kappa shape index (κ3) is 6.34. The largest absolute Gasteiger partial charge is 0.497 e. The molecule has 0 aliphatic carbocycles. The van der Waals surface area contributed by atoms with Gasteiger partial charge < -0.3 is 15.0 Å². The van der Waals surface area contributed by atoms with Crippen molar-refractivity contribution in [2.75, 3.05) is 7.11 Å². The summed E-state index contributed by atoms with van der Waals surface area (Å²) in [5, 5.41) is 3.05. The molecule has 0 unspecified atom stereocenters. The van der Waals surface area contributed by atoms with E-state index in [1.165, 1.54) is 0 Å². The van der Waals surface area contributed by atoms with Crippen LogP contribution in [0.3, 0.4) is 0 Å². The summed E-state index contributed by atoms with van der Waals surface area (Å²) >= 11 is 0. The molecule has 0 spiro atoms. The fourth-order valence-electron chi connectivity index (χ4n) is 3.35. The molecule has 5 heteroatoms. The van der Waals surface area contributed by atoms with Gasteiger partial charge in [-0.25, -0.2) is 0 Å². The molecule has 2 aromatic rings. The number of carbonyl (C=O) groups is 2. The van der Waals surface area contributed by atoms with Gasteiger partial charge in [-0.2, -0.15) is 0 Å². The highest BCUT2D eigenvalue weighted by Gasteiger charge is 2.29. The summed E-state index contributed by atoms with van der Waals surface area (Å²) < 4.78 is 5.20. The van der Waals surface area contributed by atoms with E-state index < -0.39 is 6.04 Å². The van der Waals surface area contributed by atoms with Crippen molar-refractivity contribution in [3.8, 4) is 5.75 Å². The summed E-state index contributed by atoms with van der Waals surface area (Å²) in [6.07, 6.45) is 1.64. The number of nitrogens with zero attached hydrogens (tertiary/aromatic N) is 1. The molecule has 2 aromatic carbocycles. The van der Waals surface area contributed by atoms with E-state index in [0.29, 0.717) is 13.0 Å². The highest BCUT2D eigenvalue weighted by Crippen LogP contribution is 2.18. The van der Waals surface area contributed by atoms with E-state index in [1.807, 2.05) is 76.2 Å². The van der Waals surface area contributed by atoms with Gasteiger partial charge in [-0.1, -0.05) is 50.2 Å². The summed E-state index contributed by atoms with van der Waals surface area (Å²) in [5.41, 5.74) is 3.06. The van der Waals surface area contributed by atoms with Crippen LogP contribution in [-0.4, -0.2) is 35.9 Å². The Morgan fingerprint density at radius 1 is 1.03 bits per heavy atom. The average molecular weight is 411 g/mol. The van der Waals surface area contributed by atoms with E-state index in [4.69, 9.17) is 4.74 Å². The van der Waals surface area contributed by atoms with Gasteiger partial charge in [-0.15, -0.1) is 0 Å². The molecule has 2 atom stereocenters. The first-order valence-electron chi connectivity index (χ1n) is 10.7. The number of nitrogens with one attached hydrogen (secondary N) is 1. The lowest BCUT2D eigenvalue weighted by molar-refractivity contribution is -0.141. The van der Waals surface area contributed by atoms with Crippen LogP contribution in [0.2, 0.25) is 0 Å². The number of amides is 2. The number of carbonyl (C=O) groups excluding carboxylic acids is 2. The second kappa shape index (κ2) is 11.4. The Morgan fingerprint density at radius 3 is 2.27 bits per heavy atom. The highest BCUT2D eigenvalue weighted by atomic mass is 16.5. The van der Waals surface area contributed by atoms with Crippen LogP contribution in [0.15, 0.2) is 48.5 Å². The maximum absolute atomic E-state index is 13.4. The van der Waals surface area contributed by atoms with Crippen LogP contribution in [0.1, 0.15) is 50.3 Å². The summed E-state index contributed by atoms with van der Waals surface area (Å²) in [5.74, 6) is 0.598. The third-order valence-electron chi connectivity index (χ3n) is 5.50. The van der Waals surface area contributed by atoms with Gasteiger partial charge in [0.1, 0.15) is 11.8 Å². The van der Waals surface area contributed by atoms with E-state index in [2.05, 4.69) is 5.32 Å². The van der Waals surface area contributed by atoms with Gasteiger partial charge in [0.15, 0.2) is 0 Å². The number of hydrogen-bond donors (Lipinski definition) is 1. The van der Waals surface area contributed by atoms with Crippen molar-refractivity contribution in [3.63, 3.8) is 0 Å². The zero-order valence-electron chi connectivity index (χ0n) is 18.8. The summed E-state index contributed by atoms with van der Waals surface area (Å²) in [6.45, 7) is 8.41. The van der Waals surface area contributed by atoms with Crippen LogP contribution in [0.4, 0.5) is 0 Å². The molecule has 2 rings (SSSR count). The second-order valence-electron chi connectivity index (χ2n) is 7.71. The molecule has 0 radical (unpaired) electrons. The molecular weight excluding hydrogens is 376 g/mol. The predicted octanol–water partition coefficient (Wildman–Crippen LogP) is 4.27. The van der Waals surface area contributed by atoms with E-state index in [1.54, 1.807) is 12.0 Å². The maximum Gasteiger partial charge on any atom is 0.243 e. The third-order valence-corrected chi connectivity index (χ3v) is 5.50. The number of hydrogen-bond acceptors (Lipinski definition) is 3. The van der Waals surface area contributed by atoms with Crippen molar-refractivity contribution in [3.05, 3.63) is 65.2 Å². The van der Waals surface area contributed by atoms with Gasteiger partial charge >= 0.3 is 0 Å². The number of ether oxygens (including phenoxy) is 1. The van der Waals surface area contributed by atoms with E-state index >= 15 is 0 Å². The van der Waals surface area contributed by atoms with E-state index in [-0.39, 0.29) is 24.3 Å². The highest BCUT2D eigenvalue weighted by molar-refractivity contribution is 5.88. The van der Waals surface area contributed by atoms with Crippen LogP contribution in [0, 0.1) is 6.92 Å².